The summed E-state index contributed by atoms with van der Waals surface area (Å²) < 4.78 is 45.7. The van der Waals surface area contributed by atoms with Gasteiger partial charge >= 0.3 is 0 Å². The minimum Gasteiger partial charge on any atom is -0.337 e. The van der Waals surface area contributed by atoms with Crippen LogP contribution in [0.4, 0.5) is 10.3 Å². The molecule has 1 aromatic heterocycles. The zero-order valence-corrected chi connectivity index (χ0v) is 13.7. The molecule has 2 aromatic carbocycles. The summed E-state index contributed by atoms with van der Waals surface area (Å²) in [5, 5.41) is 3.92. The molecule has 0 saturated carbocycles. The number of hydrogen-bond acceptors (Lipinski definition) is 4. The molecule has 0 fully saturated rings. The Morgan fingerprint density at radius 1 is 1.08 bits per heavy atom. The number of hydrogen-bond donors (Lipinski definition) is 1. The fourth-order valence-electron chi connectivity index (χ4n) is 2.33. The molecule has 0 bridgehead atoms. The number of rotatable bonds is 5. The molecule has 124 valence electrons. The van der Waals surface area contributed by atoms with E-state index < -0.39 is 10.0 Å². The van der Waals surface area contributed by atoms with Crippen molar-refractivity contribution in [2.24, 2.45) is 0 Å². The van der Waals surface area contributed by atoms with Gasteiger partial charge in [-0.2, -0.15) is 0 Å². The number of nitrogens with zero attached hydrogens (tertiary/aromatic N) is 1. The quantitative estimate of drug-likeness (QED) is 0.762. The summed E-state index contributed by atoms with van der Waals surface area (Å²) in [6.07, 6.45) is 0.545. The van der Waals surface area contributed by atoms with Crippen LogP contribution in [0.3, 0.4) is 0 Å². The van der Waals surface area contributed by atoms with Gasteiger partial charge in [-0.1, -0.05) is 42.4 Å². The van der Waals surface area contributed by atoms with Gasteiger partial charge in [-0.15, -0.1) is 0 Å². The molecular weight excluding hydrogens is 331 g/mol. The van der Waals surface area contributed by atoms with Crippen molar-refractivity contribution in [1.82, 2.24) is 5.16 Å². The molecule has 1 heterocycles. The number of aryl methyl sites for hydroxylation is 1. The number of sulfonamides is 1. The molecule has 0 aliphatic rings. The van der Waals surface area contributed by atoms with Crippen LogP contribution in [-0.4, -0.2) is 13.6 Å². The molecule has 0 radical (unpaired) electrons. The highest BCUT2D eigenvalue weighted by Gasteiger charge is 2.22. The average Bonchev–Trinajstić information content (AvgIpc) is 2.98. The molecular formula is C17H15FN2O3S. The van der Waals surface area contributed by atoms with Gasteiger partial charge < -0.3 is 4.52 Å². The van der Waals surface area contributed by atoms with E-state index in [4.69, 9.17) is 4.52 Å². The second-order valence-corrected chi connectivity index (χ2v) is 6.79. The molecule has 24 heavy (non-hydrogen) atoms. The van der Waals surface area contributed by atoms with E-state index in [1.807, 2.05) is 6.92 Å². The second-order valence-electron chi connectivity index (χ2n) is 5.11. The molecule has 0 spiro atoms. The lowest BCUT2D eigenvalue weighted by Gasteiger charge is -2.07. The van der Waals surface area contributed by atoms with Gasteiger partial charge in [0.2, 0.25) is 5.88 Å². The lowest BCUT2D eigenvalue weighted by Crippen LogP contribution is -2.13. The van der Waals surface area contributed by atoms with Crippen LogP contribution in [0.15, 0.2) is 64.0 Å². The maximum absolute atomic E-state index is 13.2. The molecule has 0 amide bonds. The number of benzene rings is 2. The van der Waals surface area contributed by atoms with Crippen LogP contribution in [0.25, 0.3) is 11.1 Å². The predicted octanol–water partition coefficient (Wildman–Crippen LogP) is 3.84. The van der Waals surface area contributed by atoms with Crippen molar-refractivity contribution in [3.8, 4) is 11.1 Å². The van der Waals surface area contributed by atoms with E-state index in [0.29, 0.717) is 23.2 Å². The summed E-state index contributed by atoms with van der Waals surface area (Å²) in [5.74, 6) is -0.359. The topological polar surface area (TPSA) is 72.2 Å². The van der Waals surface area contributed by atoms with E-state index in [1.165, 1.54) is 24.3 Å². The number of aromatic nitrogens is 1. The molecule has 1 N–H and O–H groups in total. The van der Waals surface area contributed by atoms with E-state index in [9.17, 15) is 12.8 Å². The lowest BCUT2D eigenvalue weighted by atomic mass is 10.0. The molecule has 5 nitrogen and oxygen atoms in total. The van der Waals surface area contributed by atoms with E-state index in [0.717, 1.165) is 0 Å². The Kier molecular flexibility index (Phi) is 4.35. The van der Waals surface area contributed by atoms with Gasteiger partial charge in [-0.05, 0) is 36.2 Å². The first kappa shape index (κ1) is 16.2. The zero-order valence-electron chi connectivity index (χ0n) is 12.9. The SMILES string of the molecule is CCc1noc(NS(=O)(=O)c2ccccc2)c1-c1ccc(F)cc1. The number of anilines is 1. The normalized spacial score (nSPS) is 11.4. The smallest absolute Gasteiger partial charge is 0.264 e. The molecule has 0 saturated heterocycles. The highest BCUT2D eigenvalue weighted by Crippen LogP contribution is 2.33. The van der Waals surface area contributed by atoms with E-state index in [-0.39, 0.29) is 16.6 Å². The third-order valence-electron chi connectivity index (χ3n) is 3.51. The standard InChI is InChI=1S/C17H15FN2O3S/c1-2-15-16(12-8-10-13(18)11-9-12)17(23-19-15)20-24(21,22)14-6-4-3-5-7-14/h3-11,20H,2H2,1H3. The number of nitrogens with one attached hydrogen (secondary N) is 1. The van der Waals surface area contributed by atoms with Gasteiger partial charge in [0.15, 0.2) is 0 Å². The van der Waals surface area contributed by atoms with Crippen molar-refractivity contribution in [3.05, 3.63) is 66.1 Å². The molecule has 0 unspecified atom stereocenters. The predicted molar refractivity (Wildman–Crippen MR) is 88.5 cm³/mol. The number of halogens is 1. The van der Waals surface area contributed by atoms with Gasteiger partial charge in [0.05, 0.1) is 16.2 Å². The summed E-state index contributed by atoms with van der Waals surface area (Å²) in [5.41, 5.74) is 1.73. The largest absolute Gasteiger partial charge is 0.337 e. The van der Waals surface area contributed by atoms with Crippen LogP contribution in [0.2, 0.25) is 0 Å². The van der Waals surface area contributed by atoms with Gasteiger partial charge in [0.25, 0.3) is 10.0 Å². The highest BCUT2D eigenvalue weighted by molar-refractivity contribution is 7.92. The van der Waals surface area contributed by atoms with Gasteiger partial charge in [0.1, 0.15) is 5.82 Å². The fraction of sp³-hybridized carbons (Fsp3) is 0.118. The van der Waals surface area contributed by atoms with E-state index in [2.05, 4.69) is 9.88 Å². The summed E-state index contributed by atoms with van der Waals surface area (Å²) in [7, 11) is -3.80. The third-order valence-corrected chi connectivity index (χ3v) is 4.86. The Morgan fingerprint density at radius 3 is 2.38 bits per heavy atom. The van der Waals surface area contributed by atoms with Gasteiger partial charge in [0, 0.05) is 0 Å². The summed E-state index contributed by atoms with van der Waals surface area (Å²) in [4.78, 5) is 0.115. The van der Waals surface area contributed by atoms with Crippen LogP contribution in [0.1, 0.15) is 12.6 Å². The first-order chi connectivity index (χ1) is 11.5. The molecule has 0 aliphatic carbocycles. The van der Waals surface area contributed by atoms with Crippen LogP contribution in [0, 0.1) is 5.82 Å². The maximum Gasteiger partial charge on any atom is 0.264 e. The van der Waals surface area contributed by atoms with Crippen molar-refractivity contribution in [2.75, 3.05) is 4.72 Å². The Morgan fingerprint density at radius 2 is 1.75 bits per heavy atom. The average molecular weight is 346 g/mol. The molecule has 3 rings (SSSR count). The zero-order chi connectivity index (χ0) is 17.2. The summed E-state index contributed by atoms with van der Waals surface area (Å²) in [6.45, 7) is 1.88. The van der Waals surface area contributed by atoms with Crippen LogP contribution < -0.4 is 4.72 Å². The Hall–Kier alpha value is -2.67. The summed E-state index contributed by atoms with van der Waals surface area (Å²) in [6, 6.07) is 13.7. The van der Waals surface area contributed by atoms with Crippen LogP contribution >= 0.6 is 0 Å². The summed E-state index contributed by atoms with van der Waals surface area (Å²) >= 11 is 0. The van der Waals surface area contributed by atoms with Crippen molar-refractivity contribution in [1.29, 1.82) is 0 Å². The van der Waals surface area contributed by atoms with Crippen molar-refractivity contribution in [3.63, 3.8) is 0 Å². The van der Waals surface area contributed by atoms with E-state index in [1.54, 1.807) is 30.3 Å². The minimum absolute atomic E-state index is 0.0160. The van der Waals surface area contributed by atoms with Crippen LogP contribution in [-0.2, 0) is 16.4 Å². The van der Waals surface area contributed by atoms with E-state index >= 15 is 0 Å². The second kappa shape index (κ2) is 6.45. The first-order valence-electron chi connectivity index (χ1n) is 7.33. The van der Waals surface area contributed by atoms with Crippen molar-refractivity contribution < 1.29 is 17.3 Å². The van der Waals surface area contributed by atoms with Crippen LogP contribution in [0.5, 0.6) is 0 Å². The Balaban J connectivity index is 2.03. The highest BCUT2D eigenvalue weighted by atomic mass is 32.2. The van der Waals surface area contributed by atoms with Crippen molar-refractivity contribution >= 4 is 15.9 Å². The Labute approximate surface area is 139 Å². The minimum atomic E-state index is -3.80. The van der Waals surface area contributed by atoms with Gasteiger partial charge in [-0.3, -0.25) is 0 Å². The molecule has 3 aromatic rings. The maximum atomic E-state index is 13.2. The lowest BCUT2D eigenvalue weighted by molar-refractivity contribution is 0.427. The fourth-order valence-corrected chi connectivity index (χ4v) is 3.35. The first-order valence-corrected chi connectivity index (χ1v) is 8.82. The molecule has 7 heteroatoms. The molecule has 0 aliphatic heterocycles. The monoisotopic (exact) mass is 346 g/mol. The Bertz CT molecular complexity index is 936. The third kappa shape index (κ3) is 3.16. The van der Waals surface area contributed by atoms with Gasteiger partial charge in [-0.25, -0.2) is 17.5 Å². The van der Waals surface area contributed by atoms with Crippen molar-refractivity contribution in [2.45, 2.75) is 18.2 Å². The molecule has 0 atom stereocenters.